The number of aryl methyl sites for hydroxylation is 1. The number of para-hydroxylation sites is 2. The molecule has 132 valence electrons. The monoisotopic (exact) mass is 384 g/mol. The Morgan fingerprint density at radius 1 is 0.808 bits per heavy atom. The lowest BCUT2D eigenvalue weighted by Gasteiger charge is -2.15. The number of halogens is 2. The van der Waals surface area contributed by atoms with Crippen LogP contribution in [-0.4, -0.2) is 5.91 Å². The Labute approximate surface area is 163 Å². The Morgan fingerprint density at radius 3 is 2.15 bits per heavy atom. The number of carbonyl (C=O) groups excluding carboxylic acids is 1. The summed E-state index contributed by atoms with van der Waals surface area (Å²) in [4.78, 5) is 12.8. The van der Waals surface area contributed by atoms with Crippen molar-refractivity contribution in [2.45, 2.75) is 13.8 Å². The predicted molar refractivity (Wildman–Crippen MR) is 110 cm³/mol. The summed E-state index contributed by atoms with van der Waals surface area (Å²) in [6.07, 6.45) is 0. The number of rotatable bonds is 4. The lowest BCUT2D eigenvalue weighted by Crippen LogP contribution is -2.14. The standard InChI is InChI=1S/C21H18Cl2N2O/c1-13-7-5-12-18(14(13)2)24-19-11-4-3-8-15(19)21(26)25-20-16(22)9-6-10-17(20)23/h3-12,24H,1-2H3,(H,25,26). The minimum absolute atomic E-state index is 0.284. The van der Waals surface area contributed by atoms with Crippen molar-refractivity contribution in [1.29, 1.82) is 0 Å². The second kappa shape index (κ2) is 7.81. The van der Waals surface area contributed by atoms with E-state index in [-0.39, 0.29) is 5.91 Å². The Kier molecular flexibility index (Phi) is 5.50. The van der Waals surface area contributed by atoms with E-state index in [1.807, 2.05) is 37.3 Å². The first-order valence-electron chi connectivity index (χ1n) is 8.15. The van der Waals surface area contributed by atoms with Gasteiger partial charge in [0.2, 0.25) is 0 Å². The van der Waals surface area contributed by atoms with E-state index < -0.39 is 0 Å². The molecule has 0 radical (unpaired) electrons. The van der Waals surface area contributed by atoms with Crippen LogP contribution in [0.2, 0.25) is 10.0 Å². The van der Waals surface area contributed by atoms with Crippen molar-refractivity contribution < 1.29 is 4.79 Å². The third-order valence-electron chi connectivity index (χ3n) is 4.25. The van der Waals surface area contributed by atoms with Crippen LogP contribution in [0.15, 0.2) is 60.7 Å². The molecule has 0 bridgehead atoms. The predicted octanol–water partition coefficient (Wildman–Crippen LogP) is 6.61. The largest absolute Gasteiger partial charge is 0.355 e. The molecular weight excluding hydrogens is 367 g/mol. The summed E-state index contributed by atoms with van der Waals surface area (Å²) in [5, 5.41) is 6.94. The maximum atomic E-state index is 12.8. The summed E-state index contributed by atoms with van der Waals surface area (Å²) >= 11 is 12.3. The van der Waals surface area contributed by atoms with E-state index in [9.17, 15) is 4.79 Å². The van der Waals surface area contributed by atoms with Gasteiger partial charge in [-0.1, -0.05) is 53.5 Å². The Bertz CT molecular complexity index is 950. The molecule has 0 heterocycles. The smallest absolute Gasteiger partial charge is 0.257 e. The van der Waals surface area contributed by atoms with Crippen LogP contribution in [0.3, 0.4) is 0 Å². The maximum absolute atomic E-state index is 12.8. The maximum Gasteiger partial charge on any atom is 0.257 e. The van der Waals surface area contributed by atoms with Gasteiger partial charge in [-0.25, -0.2) is 0 Å². The van der Waals surface area contributed by atoms with E-state index >= 15 is 0 Å². The van der Waals surface area contributed by atoms with Crippen LogP contribution in [0.5, 0.6) is 0 Å². The van der Waals surface area contributed by atoms with Gasteiger partial charge in [-0.3, -0.25) is 4.79 Å². The minimum Gasteiger partial charge on any atom is -0.355 e. The number of benzene rings is 3. The zero-order chi connectivity index (χ0) is 18.7. The fourth-order valence-electron chi connectivity index (χ4n) is 2.62. The number of carbonyl (C=O) groups is 1. The number of anilines is 3. The van der Waals surface area contributed by atoms with Crippen molar-refractivity contribution in [2.75, 3.05) is 10.6 Å². The van der Waals surface area contributed by atoms with E-state index in [4.69, 9.17) is 23.2 Å². The van der Waals surface area contributed by atoms with Gasteiger partial charge < -0.3 is 10.6 Å². The van der Waals surface area contributed by atoms with E-state index in [0.717, 1.165) is 11.3 Å². The van der Waals surface area contributed by atoms with Crippen molar-refractivity contribution in [3.63, 3.8) is 0 Å². The topological polar surface area (TPSA) is 41.1 Å². The molecule has 2 N–H and O–H groups in total. The van der Waals surface area contributed by atoms with Crippen LogP contribution in [0.4, 0.5) is 17.1 Å². The van der Waals surface area contributed by atoms with Gasteiger partial charge >= 0.3 is 0 Å². The zero-order valence-electron chi connectivity index (χ0n) is 14.4. The van der Waals surface area contributed by atoms with Crippen LogP contribution in [-0.2, 0) is 0 Å². The first kappa shape index (κ1) is 18.3. The quantitative estimate of drug-likeness (QED) is 0.531. The Hall–Kier alpha value is -2.49. The van der Waals surface area contributed by atoms with Gasteiger partial charge in [0, 0.05) is 5.69 Å². The molecule has 0 atom stereocenters. The Balaban J connectivity index is 1.92. The van der Waals surface area contributed by atoms with E-state index in [0.29, 0.717) is 27.0 Å². The summed E-state index contributed by atoms with van der Waals surface area (Å²) in [6, 6.07) is 18.4. The van der Waals surface area contributed by atoms with Gasteiger partial charge in [0.05, 0.1) is 27.0 Å². The molecule has 5 heteroatoms. The molecule has 0 aliphatic rings. The third-order valence-corrected chi connectivity index (χ3v) is 4.88. The Morgan fingerprint density at radius 2 is 1.42 bits per heavy atom. The van der Waals surface area contributed by atoms with Gasteiger partial charge in [-0.2, -0.15) is 0 Å². The van der Waals surface area contributed by atoms with Crippen LogP contribution in [0.25, 0.3) is 0 Å². The van der Waals surface area contributed by atoms with Gasteiger partial charge in [0.1, 0.15) is 0 Å². The number of nitrogens with one attached hydrogen (secondary N) is 2. The zero-order valence-corrected chi connectivity index (χ0v) is 15.9. The second-order valence-electron chi connectivity index (χ2n) is 5.97. The molecule has 0 saturated heterocycles. The molecular formula is C21H18Cl2N2O. The third kappa shape index (κ3) is 3.85. The van der Waals surface area contributed by atoms with Crippen molar-refractivity contribution >= 4 is 46.2 Å². The lowest BCUT2D eigenvalue weighted by molar-refractivity contribution is 0.102. The average molecular weight is 385 g/mol. The van der Waals surface area contributed by atoms with Crippen LogP contribution < -0.4 is 10.6 Å². The first-order chi connectivity index (χ1) is 12.5. The van der Waals surface area contributed by atoms with Gasteiger partial charge in [-0.15, -0.1) is 0 Å². The fraction of sp³-hybridized carbons (Fsp3) is 0.0952. The van der Waals surface area contributed by atoms with Gasteiger partial charge in [-0.05, 0) is 55.3 Å². The highest BCUT2D eigenvalue weighted by Gasteiger charge is 2.15. The summed E-state index contributed by atoms with van der Waals surface area (Å²) in [5.41, 5.74) is 4.89. The van der Waals surface area contributed by atoms with Crippen molar-refractivity contribution in [3.8, 4) is 0 Å². The molecule has 0 aromatic heterocycles. The molecule has 0 spiro atoms. The minimum atomic E-state index is -0.284. The molecule has 3 aromatic rings. The molecule has 26 heavy (non-hydrogen) atoms. The van der Waals surface area contributed by atoms with Crippen molar-refractivity contribution in [3.05, 3.63) is 87.4 Å². The molecule has 0 fully saturated rings. The number of amides is 1. The molecule has 3 aromatic carbocycles. The normalized spacial score (nSPS) is 10.5. The average Bonchev–Trinajstić information content (AvgIpc) is 2.62. The molecule has 3 nitrogen and oxygen atoms in total. The molecule has 0 unspecified atom stereocenters. The van der Waals surface area contributed by atoms with E-state index in [1.165, 1.54) is 5.56 Å². The highest BCUT2D eigenvalue weighted by Crippen LogP contribution is 2.31. The van der Waals surface area contributed by atoms with Crippen LogP contribution >= 0.6 is 23.2 Å². The molecule has 0 aliphatic heterocycles. The second-order valence-corrected chi connectivity index (χ2v) is 6.78. The molecule has 0 saturated carbocycles. The molecule has 3 rings (SSSR count). The van der Waals surface area contributed by atoms with Crippen molar-refractivity contribution in [2.24, 2.45) is 0 Å². The highest BCUT2D eigenvalue weighted by atomic mass is 35.5. The highest BCUT2D eigenvalue weighted by molar-refractivity contribution is 6.40. The van der Waals surface area contributed by atoms with Crippen LogP contribution in [0.1, 0.15) is 21.5 Å². The van der Waals surface area contributed by atoms with Crippen molar-refractivity contribution in [1.82, 2.24) is 0 Å². The lowest BCUT2D eigenvalue weighted by atomic mass is 10.1. The number of hydrogen-bond donors (Lipinski definition) is 2. The summed E-state index contributed by atoms with van der Waals surface area (Å²) in [6.45, 7) is 4.10. The fourth-order valence-corrected chi connectivity index (χ4v) is 3.11. The van der Waals surface area contributed by atoms with Crippen LogP contribution in [0, 0.1) is 13.8 Å². The first-order valence-corrected chi connectivity index (χ1v) is 8.90. The van der Waals surface area contributed by atoms with Gasteiger partial charge in [0.15, 0.2) is 0 Å². The SMILES string of the molecule is Cc1cccc(Nc2ccccc2C(=O)Nc2c(Cl)cccc2Cl)c1C. The number of hydrogen-bond acceptors (Lipinski definition) is 2. The van der Waals surface area contributed by atoms with E-state index in [2.05, 4.69) is 23.6 Å². The molecule has 1 amide bonds. The summed E-state index contributed by atoms with van der Waals surface area (Å²) < 4.78 is 0. The molecule has 0 aliphatic carbocycles. The van der Waals surface area contributed by atoms with E-state index in [1.54, 1.807) is 24.3 Å². The summed E-state index contributed by atoms with van der Waals surface area (Å²) in [5.74, 6) is -0.284. The summed E-state index contributed by atoms with van der Waals surface area (Å²) in [7, 11) is 0. The van der Waals surface area contributed by atoms with Gasteiger partial charge in [0.25, 0.3) is 5.91 Å².